The summed E-state index contributed by atoms with van der Waals surface area (Å²) >= 11 is 0. The molecule has 2 aliphatic rings. The quantitative estimate of drug-likeness (QED) is 0.845. The van der Waals surface area contributed by atoms with E-state index in [1.54, 1.807) is 0 Å². The summed E-state index contributed by atoms with van der Waals surface area (Å²) in [6, 6.07) is 3.61. The van der Waals surface area contributed by atoms with Crippen molar-refractivity contribution in [1.82, 2.24) is 9.62 Å². The second-order valence-corrected chi connectivity index (χ2v) is 8.96. The second kappa shape index (κ2) is 6.84. The molecule has 9 heteroatoms. The summed E-state index contributed by atoms with van der Waals surface area (Å²) in [6.45, 7) is 1.24. The largest absolute Gasteiger partial charge is 0.416 e. The van der Waals surface area contributed by atoms with E-state index in [4.69, 9.17) is 0 Å². The van der Waals surface area contributed by atoms with E-state index < -0.39 is 21.8 Å². The number of halogens is 3. The molecule has 1 aromatic rings. The van der Waals surface area contributed by atoms with E-state index >= 15 is 0 Å². The van der Waals surface area contributed by atoms with Gasteiger partial charge in [0.15, 0.2) is 0 Å². The van der Waals surface area contributed by atoms with Crippen LogP contribution in [0.2, 0.25) is 0 Å². The fourth-order valence-electron chi connectivity index (χ4n) is 3.73. The molecule has 0 radical (unpaired) electrons. The standard InChI is InChI=1S/C17H21F3N2O3S/c18-17(19,20)13-1-3-14(4-2-13)26(24,25)22-11-8-16(9-12-22)6-5-15(23)21-10-7-16/h1-4H,5-12H2,(H,21,23). The lowest BCUT2D eigenvalue weighted by molar-refractivity contribution is -0.137. The van der Waals surface area contributed by atoms with Gasteiger partial charge in [0, 0.05) is 26.1 Å². The zero-order valence-corrected chi connectivity index (χ0v) is 15.0. The molecule has 1 amide bonds. The van der Waals surface area contributed by atoms with Gasteiger partial charge in [-0.1, -0.05) is 0 Å². The van der Waals surface area contributed by atoms with E-state index in [1.807, 2.05) is 0 Å². The van der Waals surface area contributed by atoms with Crippen molar-refractivity contribution >= 4 is 15.9 Å². The first-order chi connectivity index (χ1) is 12.1. The Bertz CT molecular complexity index is 767. The molecule has 0 saturated carbocycles. The van der Waals surface area contributed by atoms with Crippen molar-refractivity contribution in [3.8, 4) is 0 Å². The maximum Gasteiger partial charge on any atom is 0.416 e. The highest BCUT2D eigenvalue weighted by Gasteiger charge is 2.39. The Morgan fingerprint density at radius 3 is 2.19 bits per heavy atom. The van der Waals surface area contributed by atoms with Crippen molar-refractivity contribution in [2.75, 3.05) is 19.6 Å². The van der Waals surface area contributed by atoms with Crippen LogP contribution in [-0.2, 0) is 21.0 Å². The van der Waals surface area contributed by atoms with Crippen molar-refractivity contribution in [3.63, 3.8) is 0 Å². The van der Waals surface area contributed by atoms with Gasteiger partial charge in [-0.25, -0.2) is 8.42 Å². The molecule has 0 atom stereocenters. The fraction of sp³-hybridized carbons (Fsp3) is 0.588. The van der Waals surface area contributed by atoms with Gasteiger partial charge in [-0.3, -0.25) is 4.79 Å². The van der Waals surface area contributed by atoms with E-state index in [-0.39, 0.29) is 16.2 Å². The van der Waals surface area contributed by atoms with Crippen LogP contribution in [0, 0.1) is 5.41 Å². The molecular weight excluding hydrogens is 369 g/mol. The first-order valence-electron chi connectivity index (χ1n) is 8.57. The van der Waals surface area contributed by atoms with Gasteiger partial charge in [0.25, 0.3) is 0 Å². The first-order valence-corrected chi connectivity index (χ1v) is 10.0. The average Bonchev–Trinajstić information content (AvgIpc) is 2.77. The molecule has 26 heavy (non-hydrogen) atoms. The molecule has 0 aromatic heterocycles. The zero-order chi connectivity index (χ0) is 19.0. The molecule has 0 bridgehead atoms. The monoisotopic (exact) mass is 390 g/mol. The normalized spacial score (nSPS) is 22.0. The van der Waals surface area contributed by atoms with E-state index in [0.29, 0.717) is 38.9 Å². The van der Waals surface area contributed by atoms with Crippen molar-refractivity contribution in [1.29, 1.82) is 0 Å². The second-order valence-electron chi connectivity index (χ2n) is 7.03. The number of alkyl halides is 3. The Morgan fingerprint density at radius 2 is 1.62 bits per heavy atom. The van der Waals surface area contributed by atoms with Gasteiger partial charge in [-0.15, -0.1) is 0 Å². The predicted molar refractivity (Wildman–Crippen MR) is 88.7 cm³/mol. The topological polar surface area (TPSA) is 66.5 Å². The van der Waals surface area contributed by atoms with Gasteiger partial charge in [-0.2, -0.15) is 17.5 Å². The number of nitrogens with one attached hydrogen (secondary N) is 1. The number of carbonyl (C=O) groups is 1. The molecule has 2 fully saturated rings. The average molecular weight is 390 g/mol. The van der Waals surface area contributed by atoms with E-state index in [0.717, 1.165) is 37.1 Å². The molecule has 1 N–H and O–H groups in total. The highest BCUT2D eigenvalue weighted by Crippen LogP contribution is 2.41. The number of sulfonamides is 1. The van der Waals surface area contributed by atoms with Crippen LogP contribution in [0.5, 0.6) is 0 Å². The van der Waals surface area contributed by atoms with E-state index in [2.05, 4.69) is 5.32 Å². The van der Waals surface area contributed by atoms with Crippen molar-refractivity contribution in [2.24, 2.45) is 5.41 Å². The predicted octanol–water partition coefficient (Wildman–Crippen LogP) is 2.78. The van der Waals surface area contributed by atoms with Crippen LogP contribution in [0.4, 0.5) is 13.2 Å². The number of benzene rings is 1. The van der Waals surface area contributed by atoms with Crippen molar-refractivity contribution in [3.05, 3.63) is 29.8 Å². The van der Waals surface area contributed by atoms with Crippen LogP contribution in [0.25, 0.3) is 0 Å². The minimum absolute atomic E-state index is 0.0293. The molecule has 2 aliphatic heterocycles. The number of carbonyl (C=O) groups excluding carboxylic acids is 1. The summed E-state index contributed by atoms with van der Waals surface area (Å²) in [5.74, 6) is 0.0293. The number of piperidine rings is 1. The Morgan fingerprint density at radius 1 is 1.00 bits per heavy atom. The van der Waals surface area contributed by atoms with Crippen LogP contribution < -0.4 is 5.32 Å². The third-order valence-electron chi connectivity index (χ3n) is 5.46. The molecule has 0 aliphatic carbocycles. The maximum absolute atomic E-state index is 12.7. The van der Waals surface area contributed by atoms with Gasteiger partial charge in [0.2, 0.25) is 15.9 Å². The highest BCUT2D eigenvalue weighted by molar-refractivity contribution is 7.89. The molecule has 144 valence electrons. The molecule has 3 rings (SSSR count). The molecule has 2 heterocycles. The summed E-state index contributed by atoms with van der Waals surface area (Å²) in [7, 11) is -3.82. The number of nitrogens with zero attached hydrogens (tertiary/aromatic N) is 1. The molecule has 0 unspecified atom stereocenters. The van der Waals surface area contributed by atoms with Gasteiger partial charge < -0.3 is 5.32 Å². The molecular formula is C17H21F3N2O3S. The van der Waals surface area contributed by atoms with Crippen molar-refractivity contribution in [2.45, 2.75) is 43.2 Å². The van der Waals surface area contributed by atoms with Gasteiger partial charge in [0.1, 0.15) is 0 Å². The SMILES string of the molecule is O=C1CCC2(CCN1)CCN(S(=O)(=O)c1ccc(C(F)(F)F)cc1)CC2. The third kappa shape index (κ3) is 3.88. The van der Waals surface area contributed by atoms with E-state index in [9.17, 15) is 26.4 Å². The van der Waals surface area contributed by atoms with Gasteiger partial charge in [0.05, 0.1) is 10.5 Å². The van der Waals surface area contributed by atoms with E-state index in [1.165, 1.54) is 4.31 Å². The number of amides is 1. The highest BCUT2D eigenvalue weighted by atomic mass is 32.2. The summed E-state index contributed by atoms with van der Waals surface area (Å²) in [6.07, 6.45) is -1.17. The zero-order valence-electron chi connectivity index (χ0n) is 14.2. The molecule has 5 nitrogen and oxygen atoms in total. The van der Waals surface area contributed by atoms with Crippen LogP contribution in [0.15, 0.2) is 29.2 Å². The van der Waals surface area contributed by atoms with Gasteiger partial charge in [-0.05, 0) is 55.4 Å². The molecule has 1 aromatic carbocycles. The molecule has 1 spiro atoms. The smallest absolute Gasteiger partial charge is 0.356 e. The number of hydrogen-bond donors (Lipinski definition) is 1. The summed E-state index contributed by atoms with van der Waals surface area (Å²) in [5.41, 5.74) is -0.907. The Hall–Kier alpha value is -1.61. The fourth-order valence-corrected chi connectivity index (χ4v) is 5.17. The lowest BCUT2D eigenvalue weighted by atomic mass is 9.73. The van der Waals surface area contributed by atoms with Crippen LogP contribution in [0.1, 0.15) is 37.7 Å². The first kappa shape index (κ1) is 19.2. The third-order valence-corrected chi connectivity index (χ3v) is 7.38. The lowest BCUT2D eigenvalue weighted by Crippen LogP contribution is -2.43. The summed E-state index contributed by atoms with van der Waals surface area (Å²) in [4.78, 5) is 11.4. The lowest BCUT2D eigenvalue weighted by Gasteiger charge is -2.40. The molecule has 2 saturated heterocycles. The minimum Gasteiger partial charge on any atom is -0.356 e. The summed E-state index contributed by atoms with van der Waals surface area (Å²) in [5, 5.41) is 2.84. The maximum atomic E-state index is 12.7. The minimum atomic E-state index is -4.50. The van der Waals surface area contributed by atoms with Gasteiger partial charge >= 0.3 is 6.18 Å². The number of rotatable bonds is 2. The Balaban J connectivity index is 1.71. The van der Waals surface area contributed by atoms with Crippen molar-refractivity contribution < 1.29 is 26.4 Å². The Labute approximate surface area is 150 Å². The van der Waals surface area contributed by atoms with Crippen LogP contribution in [0.3, 0.4) is 0 Å². The summed E-state index contributed by atoms with van der Waals surface area (Å²) < 4.78 is 64.7. The van der Waals surface area contributed by atoms with Crippen LogP contribution >= 0.6 is 0 Å². The van der Waals surface area contributed by atoms with Crippen LogP contribution in [-0.4, -0.2) is 38.3 Å². The number of hydrogen-bond acceptors (Lipinski definition) is 3. The Kier molecular flexibility index (Phi) is 5.04.